The molecule has 1 amide bonds. The lowest BCUT2D eigenvalue weighted by atomic mass is 9.64. The number of ether oxygens (including phenoxy) is 1. The fourth-order valence-electron chi connectivity index (χ4n) is 5.23. The van der Waals surface area contributed by atoms with Gasteiger partial charge in [-0.05, 0) is 64.0 Å². The topological polar surface area (TPSA) is 105 Å². The number of nitrogens with one attached hydrogen (secondary N) is 1. The summed E-state index contributed by atoms with van der Waals surface area (Å²) in [4.78, 5) is 26.1. The number of anilines is 2. The van der Waals surface area contributed by atoms with Crippen molar-refractivity contribution in [1.82, 2.24) is 14.9 Å². The number of carbonyl (C=O) groups is 1. The summed E-state index contributed by atoms with van der Waals surface area (Å²) in [5, 5.41) is 0.947. The first-order valence-corrected chi connectivity index (χ1v) is 14.4. The predicted octanol–water partition coefficient (Wildman–Crippen LogP) is 3.79. The minimum Gasteiger partial charge on any atom is -0.476 e. The van der Waals surface area contributed by atoms with Gasteiger partial charge in [-0.2, -0.15) is 0 Å². The maximum absolute atomic E-state index is 13.2. The maximum atomic E-state index is 13.2. The van der Waals surface area contributed by atoms with Gasteiger partial charge in [-0.15, -0.1) is 0 Å². The number of amides is 1. The number of fused-ring (bicyclic) bond motifs is 4. The van der Waals surface area contributed by atoms with Crippen LogP contribution in [0.15, 0.2) is 36.7 Å². The van der Waals surface area contributed by atoms with Crippen LogP contribution in [0, 0.1) is 0 Å². The highest BCUT2D eigenvalue weighted by atomic mass is 32.2. The monoisotopic (exact) mass is 523 g/mol. The third-order valence-corrected chi connectivity index (χ3v) is 8.34. The molecule has 1 atom stereocenters. The number of likely N-dealkylation sites (N-methyl/N-ethyl adjacent to an activating group) is 1. The van der Waals surface area contributed by atoms with Crippen molar-refractivity contribution >= 4 is 38.2 Å². The molecular formula is C27H33N5O4S. The normalized spacial score (nSPS) is 17.2. The highest BCUT2D eigenvalue weighted by Crippen LogP contribution is 2.55. The maximum Gasteiger partial charge on any atom is 0.238 e. The van der Waals surface area contributed by atoms with Crippen LogP contribution < -0.4 is 14.4 Å². The van der Waals surface area contributed by atoms with Crippen LogP contribution in [0.3, 0.4) is 0 Å². The Morgan fingerprint density at radius 1 is 1.16 bits per heavy atom. The van der Waals surface area contributed by atoms with Crippen LogP contribution in [-0.4, -0.2) is 69.2 Å². The zero-order valence-electron chi connectivity index (χ0n) is 21.9. The fourth-order valence-corrected chi connectivity index (χ4v) is 5.78. The molecule has 3 heterocycles. The molecule has 1 aliphatic carbocycles. The fraction of sp³-hybridized carbons (Fsp3) is 0.444. The Kier molecular flexibility index (Phi) is 6.35. The molecule has 0 bridgehead atoms. The van der Waals surface area contributed by atoms with Gasteiger partial charge in [0.05, 0.1) is 35.7 Å². The number of aromatic nitrogens is 2. The number of benzene rings is 1. The first-order valence-electron chi connectivity index (χ1n) is 12.5. The third-order valence-electron chi connectivity index (χ3n) is 7.74. The Hall–Kier alpha value is -3.24. The molecule has 1 aliphatic heterocycles. The van der Waals surface area contributed by atoms with Crippen molar-refractivity contribution in [2.45, 2.75) is 44.1 Å². The van der Waals surface area contributed by atoms with E-state index in [1.165, 1.54) is 0 Å². The quantitative estimate of drug-likeness (QED) is 0.479. The van der Waals surface area contributed by atoms with E-state index in [2.05, 4.69) is 26.5 Å². The van der Waals surface area contributed by atoms with E-state index in [0.717, 1.165) is 65.2 Å². The molecule has 2 aromatic heterocycles. The van der Waals surface area contributed by atoms with Crippen LogP contribution in [0.1, 0.15) is 38.2 Å². The van der Waals surface area contributed by atoms with E-state index in [1.807, 2.05) is 39.3 Å². The number of hydrogen-bond donors (Lipinski definition) is 1. The molecule has 37 heavy (non-hydrogen) atoms. The van der Waals surface area contributed by atoms with Gasteiger partial charge in [0.15, 0.2) is 0 Å². The molecule has 9 nitrogen and oxygen atoms in total. The van der Waals surface area contributed by atoms with E-state index < -0.39 is 15.4 Å². The van der Waals surface area contributed by atoms with E-state index in [9.17, 15) is 13.2 Å². The summed E-state index contributed by atoms with van der Waals surface area (Å²) in [7, 11) is 2.27. The van der Waals surface area contributed by atoms with Gasteiger partial charge >= 0.3 is 0 Å². The van der Waals surface area contributed by atoms with E-state index >= 15 is 0 Å². The molecule has 1 saturated carbocycles. The lowest BCUT2D eigenvalue weighted by Gasteiger charge is -2.37. The summed E-state index contributed by atoms with van der Waals surface area (Å²) >= 11 is 0. The van der Waals surface area contributed by atoms with Gasteiger partial charge < -0.3 is 14.5 Å². The highest BCUT2D eigenvalue weighted by Gasteiger charge is 2.54. The molecule has 2 aliphatic rings. The number of nitrogens with zero attached hydrogens (tertiary/aromatic N) is 4. The molecule has 196 valence electrons. The number of sulfonamides is 1. The zero-order valence-corrected chi connectivity index (χ0v) is 22.7. The molecule has 5 rings (SSSR count). The highest BCUT2D eigenvalue weighted by molar-refractivity contribution is 7.92. The van der Waals surface area contributed by atoms with Gasteiger partial charge in [-0.25, -0.2) is 13.4 Å². The first-order chi connectivity index (χ1) is 17.5. The van der Waals surface area contributed by atoms with E-state index in [4.69, 9.17) is 4.74 Å². The van der Waals surface area contributed by atoms with Crippen LogP contribution in [0.2, 0.25) is 0 Å². The van der Waals surface area contributed by atoms with Crippen molar-refractivity contribution in [3.8, 4) is 17.0 Å². The van der Waals surface area contributed by atoms with E-state index in [-0.39, 0.29) is 11.8 Å². The molecule has 0 saturated heterocycles. The Morgan fingerprint density at radius 3 is 2.57 bits per heavy atom. The average molecular weight is 524 g/mol. The molecule has 1 fully saturated rings. The van der Waals surface area contributed by atoms with E-state index in [0.29, 0.717) is 18.3 Å². The minimum absolute atomic E-state index is 0.139. The number of rotatable bonds is 8. The first kappa shape index (κ1) is 25.4. The number of pyridine rings is 2. The largest absolute Gasteiger partial charge is 0.476 e. The van der Waals surface area contributed by atoms with Crippen LogP contribution >= 0.6 is 0 Å². The minimum atomic E-state index is -3.55. The average Bonchev–Trinajstić information content (AvgIpc) is 3.06. The Labute approximate surface area is 217 Å². The van der Waals surface area contributed by atoms with E-state index in [1.54, 1.807) is 23.4 Å². The Balaban J connectivity index is 1.54. The van der Waals surface area contributed by atoms with Gasteiger partial charge in [0, 0.05) is 35.8 Å². The lowest BCUT2D eigenvalue weighted by Crippen LogP contribution is -2.43. The van der Waals surface area contributed by atoms with Crippen molar-refractivity contribution < 1.29 is 17.9 Å². The summed E-state index contributed by atoms with van der Waals surface area (Å²) < 4.78 is 32.6. The van der Waals surface area contributed by atoms with Crippen LogP contribution in [0.25, 0.3) is 22.0 Å². The Bertz CT molecular complexity index is 1480. The second kappa shape index (κ2) is 9.25. The van der Waals surface area contributed by atoms with Gasteiger partial charge in [-0.3, -0.25) is 14.5 Å². The molecule has 10 heteroatoms. The van der Waals surface area contributed by atoms with Crippen LogP contribution in [0.4, 0.5) is 11.4 Å². The molecule has 0 radical (unpaired) electrons. The number of hydrogen-bond acceptors (Lipinski definition) is 7. The van der Waals surface area contributed by atoms with Crippen molar-refractivity contribution in [2.24, 2.45) is 0 Å². The molecule has 1 aromatic carbocycles. The van der Waals surface area contributed by atoms with Gasteiger partial charge in [0.1, 0.15) is 5.69 Å². The molecule has 1 unspecified atom stereocenters. The third kappa shape index (κ3) is 4.53. The van der Waals surface area contributed by atoms with Gasteiger partial charge in [0.25, 0.3) is 0 Å². The van der Waals surface area contributed by atoms with Crippen molar-refractivity contribution in [3.63, 3.8) is 0 Å². The summed E-state index contributed by atoms with van der Waals surface area (Å²) in [6, 6.07) is 7.97. The van der Waals surface area contributed by atoms with Crippen molar-refractivity contribution in [3.05, 3.63) is 42.2 Å². The smallest absolute Gasteiger partial charge is 0.238 e. The second-order valence-corrected chi connectivity index (χ2v) is 12.2. The molecule has 1 N–H and O–H groups in total. The predicted molar refractivity (Wildman–Crippen MR) is 146 cm³/mol. The van der Waals surface area contributed by atoms with Gasteiger partial charge in [0.2, 0.25) is 21.8 Å². The van der Waals surface area contributed by atoms with Crippen molar-refractivity contribution in [1.29, 1.82) is 0 Å². The summed E-state index contributed by atoms with van der Waals surface area (Å²) in [6.45, 7) is 2.50. The van der Waals surface area contributed by atoms with Crippen LogP contribution in [-0.2, 0) is 20.2 Å². The Morgan fingerprint density at radius 2 is 1.92 bits per heavy atom. The van der Waals surface area contributed by atoms with Crippen molar-refractivity contribution in [2.75, 3.05) is 43.6 Å². The van der Waals surface area contributed by atoms with Crippen LogP contribution in [0.5, 0.6) is 5.88 Å². The summed E-state index contributed by atoms with van der Waals surface area (Å²) in [5.74, 6) is 0.379. The zero-order chi connectivity index (χ0) is 26.5. The number of carbonyl (C=O) groups excluding carboxylic acids is 1. The van der Waals surface area contributed by atoms with Gasteiger partial charge in [-0.1, -0.05) is 12.5 Å². The molecule has 3 aromatic rings. The summed E-state index contributed by atoms with van der Waals surface area (Å²) in [5.41, 5.74) is 4.16. The summed E-state index contributed by atoms with van der Waals surface area (Å²) in [6.07, 6.45) is 8.07. The molecular weight excluding hydrogens is 490 g/mol. The molecule has 1 spiro atoms. The lowest BCUT2D eigenvalue weighted by molar-refractivity contribution is -0.125. The standard InChI is InChI=1S/C27H33N5O4S/c1-17(31(2)3)9-12-36-25-22(30-37(5,34)35)14-19(15-29-25)18-7-8-21-20(13-18)24-23(16-28-21)32(4)26(33)27(24)10-6-11-27/h7-8,13-17,30H,6,9-12H2,1-5H3. The SMILES string of the molecule is CC(CCOc1ncc(-c2ccc3ncc4c(c3c2)C2(CCC2)C(=O)N4C)cc1NS(C)(=O)=O)N(C)C. The second-order valence-electron chi connectivity index (χ2n) is 10.5.